The lowest BCUT2D eigenvalue weighted by atomic mass is 10.1. The summed E-state index contributed by atoms with van der Waals surface area (Å²) in [7, 11) is 0. The van der Waals surface area contributed by atoms with Crippen LogP contribution in [-0.2, 0) is 4.74 Å². The van der Waals surface area contributed by atoms with Crippen molar-refractivity contribution < 1.29 is 9.53 Å². The number of anilines is 2. The molecule has 0 aliphatic heterocycles. The van der Waals surface area contributed by atoms with Crippen molar-refractivity contribution >= 4 is 28.4 Å². The number of carbonyl (C=O) groups is 1. The standard InChI is InChI=1S/C31H26N4O2/c1-31(2,3)37-30(36)35-28-18-21(20-32)7-8-24(28)19-29(35)23-11-15-26(16-12-23)34-25-13-9-22(10-14-25)27-6-4-5-17-33-27/h4-19,34H,1-3H3. The van der Waals surface area contributed by atoms with Crippen LogP contribution < -0.4 is 5.32 Å². The fraction of sp³-hybridized carbons (Fsp3) is 0.129. The van der Waals surface area contributed by atoms with E-state index in [0.717, 1.165) is 33.6 Å². The second-order valence-corrected chi connectivity index (χ2v) is 9.73. The molecular formula is C31H26N4O2. The second-order valence-electron chi connectivity index (χ2n) is 9.73. The van der Waals surface area contributed by atoms with Crippen molar-refractivity contribution in [2.45, 2.75) is 26.4 Å². The van der Waals surface area contributed by atoms with Crippen LogP contribution in [0.15, 0.2) is 97.2 Å². The predicted molar refractivity (Wildman–Crippen MR) is 147 cm³/mol. The van der Waals surface area contributed by atoms with Gasteiger partial charge < -0.3 is 10.1 Å². The summed E-state index contributed by atoms with van der Waals surface area (Å²) in [4.78, 5) is 17.6. The van der Waals surface area contributed by atoms with Crippen molar-refractivity contribution in [1.82, 2.24) is 9.55 Å². The molecule has 0 radical (unpaired) electrons. The van der Waals surface area contributed by atoms with E-state index in [4.69, 9.17) is 4.74 Å². The Morgan fingerprint density at radius 2 is 1.57 bits per heavy atom. The molecule has 3 aromatic carbocycles. The molecule has 5 aromatic rings. The molecule has 0 bridgehead atoms. The van der Waals surface area contributed by atoms with Gasteiger partial charge in [-0.3, -0.25) is 4.98 Å². The summed E-state index contributed by atoms with van der Waals surface area (Å²) in [6.07, 6.45) is 1.30. The highest BCUT2D eigenvalue weighted by Gasteiger charge is 2.23. The highest BCUT2D eigenvalue weighted by Crippen LogP contribution is 2.31. The van der Waals surface area contributed by atoms with Crippen molar-refractivity contribution in [2.24, 2.45) is 0 Å². The molecule has 37 heavy (non-hydrogen) atoms. The number of carbonyl (C=O) groups excluding carboxylic acids is 1. The van der Waals surface area contributed by atoms with Gasteiger partial charge in [0, 0.05) is 28.5 Å². The lowest BCUT2D eigenvalue weighted by Gasteiger charge is -2.21. The summed E-state index contributed by atoms with van der Waals surface area (Å²) >= 11 is 0. The molecule has 1 N–H and O–H groups in total. The van der Waals surface area contributed by atoms with Crippen LogP contribution in [-0.4, -0.2) is 21.2 Å². The van der Waals surface area contributed by atoms with Crippen LogP contribution in [0.25, 0.3) is 33.4 Å². The lowest BCUT2D eigenvalue weighted by molar-refractivity contribution is 0.0547. The maximum atomic E-state index is 13.2. The minimum Gasteiger partial charge on any atom is -0.443 e. The first-order valence-electron chi connectivity index (χ1n) is 12.0. The predicted octanol–water partition coefficient (Wildman–Crippen LogP) is 7.77. The largest absolute Gasteiger partial charge is 0.443 e. The maximum Gasteiger partial charge on any atom is 0.419 e. The SMILES string of the molecule is CC(C)(C)OC(=O)n1c(-c2ccc(Nc3ccc(-c4ccccn4)cc3)cc2)cc2ccc(C#N)cc21. The molecule has 0 fully saturated rings. The Balaban J connectivity index is 1.44. The molecule has 0 saturated carbocycles. The van der Waals surface area contributed by atoms with Crippen molar-refractivity contribution in [3.8, 4) is 28.6 Å². The van der Waals surface area contributed by atoms with Gasteiger partial charge in [-0.15, -0.1) is 0 Å². The van der Waals surface area contributed by atoms with Gasteiger partial charge in [0.05, 0.1) is 28.5 Å². The molecule has 5 rings (SSSR count). The van der Waals surface area contributed by atoms with Gasteiger partial charge in [0.25, 0.3) is 0 Å². The molecule has 0 aliphatic rings. The summed E-state index contributed by atoms with van der Waals surface area (Å²) in [5.41, 5.74) is 5.88. The monoisotopic (exact) mass is 486 g/mol. The summed E-state index contributed by atoms with van der Waals surface area (Å²) in [5.74, 6) is 0. The molecular weight excluding hydrogens is 460 g/mol. The van der Waals surface area contributed by atoms with Crippen LogP contribution in [0.5, 0.6) is 0 Å². The first-order valence-corrected chi connectivity index (χ1v) is 12.0. The zero-order valence-electron chi connectivity index (χ0n) is 20.9. The third-order valence-electron chi connectivity index (χ3n) is 5.82. The van der Waals surface area contributed by atoms with Gasteiger partial charge in [0.2, 0.25) is 0 Å². The van der Waals surface area contributed by atoms with Crippen LogP contribution in [0.4, 0.5) is 16.2 Å². The number of aromatic nitrogens is 2. The van der Waals surface area contributed by atoms with Crippen molar-refractivity contribution in [3.05, 3.63) is 103 Å². The average molecular weight is 487 g/mol. The molecule has 2 aromatic heterocycles. The van der Waals surface area contributed by atoms with Gasteiger partial charge in [0.15, 0.2) is 0 Å². The second kappa shape index (κ2) is 9.63. The van der Waals surface area contributed by atoms with Gasteiger partial charge in [0.1, 0.15) is 5.60 Å². The highest BCUT2D eigenvalue weighted by molar-refractivity contribution is 5.97. The Kier molecular flexibility index (Phi) is 6.21. The number of rotatable bonds is 4. The van der Waals surface area contributed by atoms with Crippen LogP contribution in [0, 0.1) is 11.3 Å². The van der Waals surface area contributed by atoms with Crippen LogP contribution in [0.1, 0.15) is 26.3 Å². The Hall–Kier alpha value is -4.89. The minimum absolute atomic E-state index is 0.482. The number of fused-ring (bicyclic) bond motifs is 1. The molecule has 2 heterocycles. The van der Waals surface area contributed by atoms with Gasteiger partial charge >= 0.3 is 6.09 Å². The molecule has 0 atom stereocenters. The Morgan fingerprint density at radius 1 is 0.892 bits per heavy atom. The number of hydrogen-bond acceptors (Lipinski definition) is 5. The summed E-state index contributed by atoms with van der Waals surface area (Å²) in [6.45, 7) is 5.50. The van der Waals surface area contributed by atoms with Crippen molar-refractivity contribution in [3.63, 3.8) is 0 Å². The van der Waals surface area contributed by atoms with E-state index in [1.165, 1.54) is 0 Å². The number of hydrogen-bond donors (Lipinski definition) is 1. The zero-order valence-corrected chi connectivity index (χ0v) is 20.9. The van der Waals surface area contributed by atoms with Crippen LogP contribution >= 0.6 is 0 Å². The van der Waals surface area contributed by atoms with Crippen LogP contribution in [0.3, 0.4) is 0 Å². The fourth-order valence-corrected chi connectivity index (χ4v) is 4.14. The summed E-state index contributed by atoms with van der Waals surface area (Å²) in [6, 6.07) is 31.2. The van der Waals surface area contributed by atoms with E-state index >= 15 is 0 Å². The van der Waals surface area contributed by atoms with E-state index in [1.54, 1.807) is 22.9 Å². The van der Waals surface area contributed by atoms with Gasteiger partial charge in [-0.25, -0.2) is 9.36 Å². The first-order chi connectivity index (χ1) is 17.8. The Labute approximate surface area is 215 Å². The number of benzene rings is 3. The van der Waals surface area contributed by atoms with E-state index in [1.807, 2.05) is 99.6 Å². The van der Waals surface area contributed by atoms with Gasteiger partial charge in [-0.1, -0.05) is 36.4 Å². The van der Waals surface area contributed by atoms with Crippen LogP contribution in [0.2, 0.25) is 0 Å². The Morgan fingerprint density at radius 3 is 2.16 bits per heavy atom. The minimum atomic E-state index is -0.655. The first kappa shape index (κ1) is 23.8. The lowest BCUT2D eigenvalue weighted by Crippen LogP contribution is -2.27. The van der Waals surface area contributed by atoms with Gasteiger partial charge in [-0.05, 0) is 80.9 Å². The third kappa shape index (κ3) is 5.21. The van der Waals surface area contributed by atoms with Gasteiger partial charge in [-0.2, -0.15) is 5.26 Å². The fourth-order valence-electron chi connectivity index (χ4n) is 4.14. The highest BCUT2D eigenvalue weighted by atomic mass is 16.6. The molecule has 0 aliphatic carbocycles. The topological polar surface area (TPSA) is 79.9 Å². The van der Waals surface area contributed by atoms with E-state index < -0.39 is 11.7 Å². The van der Waals surface area contributed by atoms with Crippen molar-refractivity contribution in [1.29, 1.82) is 5.26 Å². The quantitative estimate of drug-likeness (QED) is 0.281. The van der Waals surface area contributed by atoms with Crippen molar-refractivity contribution in [2.75, 3.05) is 5.32 Å². The summed E-state index contributed by atoms with van der Waals surface area (Å²) in [5, 5.41) is 13.6. The Bertz CT molecular complexity index is 1610. The third-order valence-corrected chi connectivity index (χ3v) is 5.82. The van der Waals surface area contributed by atoms with E-state index in [2.05, 4.69) is 16.4 Å². The number of nitrogens with one attached hydrogen (secondary N) is 1. The number of ether oxygens (including phenoxy) is 1. The van der Waals surface area contributed by atoms with E-state index in [-0.39, 0.29) is 0 Å². The van der Waals surface area contributed by atoms with E-state index in [9.17, 15) is 10.1 Å². The summed E-state index contributed by atoms with van der Waals surface area (Å²) < 4.78 is 7.24. The molecule has 0 spiro atoms. The van der Waals surface area contributed by atoms with E-state index in [0.29, 0.717) is 16.8 Å². The smallest absolute Gasteiger partial charge is 0.419 e. The average Bonchev–Trinajstić information content (AvgIpc) is 3.28. The molecule has 0 saturated heterocycles. The molecule has 6 nitrogen and oxygen atoms in total. The number of nitrogens with zero attached hydrogens (tertiary/aromatic N) is 3. The molecule has 182 valence electrons. The maximum absolute atomic E-state index is 13.2. The number of nitriles is 1. The molecule has 0 amide bonds. The number of pyridine rings is 1. The molecule has 6 heteroatoms. The normalized spacial score (nSPS) is 11.2. The zero-order chi connectivity index (χ0) is 26.0. The molecule has 0 unspecified atom stereocenters.